The van der Waals surface area contributed by atoms with Crippen molar-refractivity contribution in [1.82, 2.24) is 19.8 Å². The smallest absolute Gasteiger partial charge is 0.255 e. The second-order valence-corrected chi connectivity index (χ2v) is 6.96. The number of aliphatic hydroxyl groups is 1. The molecule has 9 heteroatoms. The third-order valence-electron chi connectivity index (χ3n) is 4.88. The molecule has 0 aliphatic carbocycles. The summed E-state index contributed by atoms with van der Waals surface area (Å²) in [5, 5.41) is 11.7. The van der Waals surface area contributed by atoms with Crippen LogP contribution in [0.2, 0.25) is 0 Å². The Morgan fingerprint density at radius 1 is 1.48 bits per heavy atom. The molecule has 0 radical (unpaired) electrons. The van der Waals surface area contributed by atoms with Gasteiger partial charge in [-0.15, -0.1) is 0 Å². The van der Waals surface area contributed by atoms with Crippen LogP contribution in [-0.4, -0.2) is 85.5 Å². The molecule has 2 aromatic rings. The number of pyridine rings is 1. The third-order valence-corrected chi connectivity index (χ3v) is 4.88. The van der Waals surface area contributed by atoms with Gasteiger partial charge in [0.25, 0.3) is 5.91 Å². The lowest BCUT2D eigenvalue weighted by molar-refractivity contribution is 0.0946. The van der Waals surface area contributed by atoms with Gasteiger partial charge in [-0.3, -0.25) is 19.7 Å². The van der Waals surface area contributed by atoms with E-state index in [0.717, 1.165) is 11.2 Å². The van der Waals surface area contributed by atoms with Crippen molar-refractivity contribution in [2.45, 2.75) is 19.6 Å². The van der Waals surface area contributed by atoms with Crippen LogP contribution in [0.25, 0.3) is 11.0 Å². The predicted octanol–water partition coefficient (Wildman–Crippen LogP) is 1.06. The Morgan fingerprint density at radius 3 is 2.76 bits per heavy atom. The van der Waals surface area contributed by atoms with Crippen LogP contribution in [0, 0.1) is 5.92 Å². The van der Waals surface area contributed by atoms with Gasteiger partial charge in [-0.1, -0.05) is 6.92 Å². The van der Waals surface area contributed by atoms with Crippen molar-refractivity contribution >= 4 is 29.4 Å². The maximum absolute atomic E-state index is 12.6. The monoisotopic (exact) mass is 402 g/mol. The van der Waals surface area contributed by atoms with E-state index in [1.54, 1.807) is 26.6 Å². The van der Waals surface area contributed by atoms with Gasteiger partial charge in [-0.2, -0.15) is 0 Å². The van der Waals surface area contributed by atoms with Crippen LogP contribution in [0.4, 0.5) is 0 Å². The maximum atomic E-state index is 12.6. The summed E-state index contributed by atoms with van der Waals surface area (Å²) in [6.45, 7) is 6.27. The molecule has 2 N–H and O–H groups in total. The first-order valence-electron chi connectivity index (χ1n) is 9.37. The number of aromatic nitrogens is 2. The lowest BCUT2D eigenvalue weighted by Crippen LogP contribution is -2.37. The SMILES string of the molecule is C=NC(C(C)/C(Cn1cc(C(=O)NCCO)c2ncc(OC)cc21)=N\C)N(C)C. The lowest BCUT2D eigenvalue weighted by Gasteiger charge is -2.27. The molecule has 0 aromatic carbocycles. The zero-order valence-corrected chi connectivity index (χ0v) is 17.7. The first kappa shape index (κ1) is 22.5. The number of hydrogen-bond acceptors (Lipinski definition) is 7. The molecule has 158 valence electrons. The average molecular weight is 402 g/mol. The molecule has 0 aliphatic rings. The summed E-state index contributed by atoms with van der Waals surface area (Å²) >= 11 is 0. The van der Waals surface area contributed by atoms with Crippen LogP contribution in [0.5, 0.6) is 5.75 Å². The highest BCUT2D eigenvalue weighted by Gasteiger charge is 2.24. The molecule has 2 heterocycles. The quantitative estimate of drug-likeness (QED) is 0.579. The van der Waals surface area contributed by atoms with E-state index in [4.69, 9.17) is 9.84 Å². The number of carbonyl (C=O) groups excluding carboxylic acids is 1. The second kappa shape index (κ2) is 10.1. The predicted molar refractivity (Wildman–Crippen MR) is 115 cm³/mol. The highest BCUT2D eigenvalue weighted by molar-refractivity contribution is 6.06. The first-order chi connectivity index (χ1) is 13.9. The van der Waals surface area contributed by atoms with Crippen molar-refractivity contribution in [3.8, 4) is 5.75 Å². The molecule has 2 atom stereocenters. The Kier molecular flexibility index (Phi) is 7.86. The zero-order chi connectivity index (χ0) is 21.6. The van der Waals surface area contributed by atoms with E-state index in [9.17, 15) is 4.79 Å². The number of nitrogens with zero attached hydrogens (tertiary/aromatic N) is 5. The van der Waals surface area contributed by atoms with E-state index in [2.05, 4.69) is 33.9 Å². The van der Waals surface area contributed by atoms with E-state index >= 15 is 0 Å². The minimum atomic E-state index is -0.289. The van der Waals surface area contributed by atoms with E-state index in [1.165, 1.54) is 0 Å². The molecule has 0 bridgehead atoms. The standard InChI is InChI=1S/C20H30N6O3/c1-13(19(22-3)25(4)5)16(21-2)12-26-11-15(20(28)23-7-8-27)18-17(26)9-14(29-6)10-24-18/h9-11,13,19,27H,3,7-8,12H2,1-2,4-6H3,(H,23,28)/b21-16-. The van der Waals surface area contributed by atoms with Crippen LogP contribution in [0.3, 0.4) is 0 Å². The van der Waals surface area contributed by atoms with Crippen LogP contribution in [0.15, 0.2) is 28.4 Å². The maximum Gasteiger partial charge on any atom is 0.255 e. The number of rotatable bonds is 10. The van der Waals surface area contributed by atoms with E-state index in [-0.39, 0.29) is 31.1 Å². The number of nitrogens with one attached hydrogen (secondary N) is 1. The number of methoxy groups -OCH3 is 1. The average Bonchev–Trinajstić information content (AvgIpc) is 3.07. The molecule has 9 nitrogen and oxygen atoms in total. The van der Waals surface area contributed by atoms with Crippen molar-refractivity contribution in [3.05, 3.63) is 24.0 Å². The normalized spacial score (nSPS) is 14.1. The fourth-order valence-corrected chi connectivity index (χ4v) is 3.35. The molecular weight excluding hydrogens is 372 g/mol. The van der Waals surface area contributed by atoms with E-state index < -0.39 is 0 Å². The Labute approximate surface area is 171 Å². The second-order valence-electron chi connectivity index (χ2n) is 6.96. The molecule has 2 aromatic heterocycles. The summed E-state index contributed by atoms with van der Waals surface area (Å²) in [4.78, 5) is 27.7. The van der Waals surface area contributed by atoms with Gasteiger partial charge in [0, 0.05) is 37.5 Å². The number of fused-ring (bicyclic) bond motifs is 1. The van der Waals surface area contributed by atoms with Crippen molar-refractivity contribution in [2.75, 3.05) is 41.4 Å². The highest BCUT2D eigenvalue weighted by Crippen LogP contribution is 2.25. The molecule has 0 saturated heterocycles. The van der Waals surface area contributed by atoms with Crippen LogP contribution in [-0.2, 0) is 6.54 Å². The van der Waals surface area contributed by atoms with E-state index in [0.29, 0.717) is 23.4 Å². The number of hydrogen-bond donors (Lipinski definition) is 2. The highest BCUT2D eigenvalue weighted by atomic mass is 16.5. The minimum absolute atomic E-state index is 0.0233. The Morgan fingerprint density at radius 2 is 2.21 bits per heavy atom. The van der Waals surface area contributed by atoms with Gasteiger partial charge in [-0.25, -0.2) is 4.98 Å². The summed E-state index contributed by atoms with van der Waals surface area (Å²) in [6, 6.07) is 1.85. The van der Waals surface area contributed by atoms with Crippen LogP contribution in [0.1, 0.15) is 17.3 Å². The molecule has 0 fully saturated rings. The Hall–Kier alpha value is -2.78. The van der Waals surface area contributed by atoms with Crippen molar-refractivity contribution in [1.29, 1.82) is 0 Å². The molecule has 2 unspecified atom stereocenters. The molecular formula is C20H30N6O3. The summed E-state index contributed by atoms with van der Waals surface area (Å²) in [7, 11) is 7.23. The fraction of sp³-hybridized carbons (Fsp3) is 0.500. The summed E-state index contributed by atoms with van der Waals surface area (Å²) in [5.74, 6) is 0.332. The van der Waals surface area contributed by atoms with Gasteiger partial charge in [-0.05, 0) is 20.8 Å². The molecule has 29 heavy (non-hydrogen) atoms. The van der Waals surface area contributed by atoms with Gasteiger partial charge in [0.1, 0.15) is 17.4 Å². The van der Waals surface area contributed by atoms with E-state index in [1.807, 2.05) is 29.6 Å². The summed E-state index contributed by atoms with van der Waals surface area (Å²) in [6.07, 6.45) is 3.22. The number of aliphatic hydroxyl groups excluding tert-OH is 1. The van der Waals surface area contributed by atoms with Crippen LogP contribution >= 0.6 is 0 Å². The molecule has 0 spiro atoms. The lowest BCUT2D eigenvalue weighted by atomic mass is 10.0. The number of carbonyl (C=O) groups is 1. The van der Waals surface area contributed by atoms with Crippen molar-refractivity contribution < 1.29 is 14.6 Å². The molecule has 1 amide bonds. The van der Waals surface area contributed by atoms with Crippen molar-refractivity contribution in [2.24, 2.45) is 15.9 Å². The number of aliphatic imine (C=N–C) groups is 2. The third kappa shape index (κ3) is 4.99. The van der Waals surface area contributed by atoms with Crippen LogP contribution < -0.4 is 10.1 Å². The van der Waals surface area contributed by atoms with Gasteiger partial charge in [0.05, 0.1) is 37.5 Å². The van der Waals surface area contributed by atoms with Gasteiger partial charge in [0.15, 0.2) is 0 Å². The Balaban J connectivity index is 2.47. The fourth-order valence-electron chi connectivity index (χ4n) is 3.35. The van der Waals surface area contributed by atoms with Gasteiger partial charge in [0.2, 0.25) is 0 Å². The summed E-state index contributed by atoms with van der Waals surface area (Å²) < 4.78 is 7.25. The Bertz CT molecular complexity index is 890. The molecule has 0 aliphatic heterocycles. The van der Waals surface area contributed by atoms with Gasteiger partial charge < -0.3 is 19.7 Å². The largest absolute Gasteiger partial charge is 0.495 e. The molecule has 0 saturated carbocycles. The first-order valence-corrected chi connectivity index (χ1v) is 9.37. The van der Waals surface area contributed by atoms with Crippen molar-refractivity contribution in [3.63, 3.8) is 0 Å². The van der Waals surface area contributed by atoms with Gasteiger partial charge >= 0.3 is 0 Å². The number of amides is 1. The number of ether oxygens (including phenoxy) is 1. The minimum Gasteiger partial charge on any atom is -0.495 e. The zero-order valence-electron chi connectivity index (χ0n) is 17.7. The topological polar surface area (TPSA) is 104 Å². The summed E-state index contributed by atoms with van der Waals surface area (Å²) in [5.41, 5.74) is 2.68. The molecule has 2 rings (SSSR count).